The zero-order valence-corrected chi connectivity index (χ0v) is 8.81. The van der Waals surface area contributed by atoms with Crippen molar-refractivity contribution in [1.29, 1.82) is 0 Å². The Labute approximate surface area is 91.7 Å². The molecule has 80 valence electrons. The smallest absolute Gasteiger partial charge is 0.253 e. The molecule has 0 spiro atoms. The zero-order valence-electron chi connectivity index (χ0n) is 8.05. The van der Waals surface area contributed by atoms with E-state index in [-0.39, 0.29) is 11.6 Å². The van der Waals surface area contributed by atoms with Crippen molar-refractivity contribution in [3.63, 3.8) is 0 Å². The van der Waals surface area contributed by atoms with Crippen LogP contribution in [0.2, 0.25) is 5.15 Å². The Bertz CT molecular complexity index is 389. The van der Waals surface area contributed by atoms with E-state index >= 15 is 0 Å². The first-order valence-electron chi connectivity index (χ1n) is 4.23. The van der Waals surface area contributed by atoms with Gasteiger partial charge in [0, 0.05) is 12.1 Å². The van der Waals surface area contributed by atoms with Gasteiger partial charge in [-0.2, -0.15) is 0 Å². The molecule has 2 N–H and O–H groups in total. The number of hydrogen-bond acceptors (Lipinski definition) is 4. The van der Waals surface area contributed by atoms with Gasteiger partial charge in [0.1, 0.15) is 5.15 Å². The Morgan fingerprint density at radius 3 is 2.87 bits per heavy atom. The molecular formula is C9H10ClN3O2. The Hall–Kier alpha value is -1.62. The quantitative estimate of drug-likeness (QED) is 0.486. The van der Waals surface area contributed by atoms with E-state index in [9.17, 15) is 10.1 Å². The van der Waals surface area contributed by atoms with Gasteiger partial charge in [-0.15, -0.1) is 0 Å². The monoisotopic (exact) mass is 227 g/mol. The summed E-state index contributed by atoms with van der Waals surface area (Å²) in [5.41, 5.74) is 6.52. The molecule has 1 aromatic heterocycles. The average Bonchev–Trinajstić information content (AvgIpc) is 2.17. The van der Waals surface area contributed by atoms with Gasteiger partial charge in [0.2, 0.25) is 0 Å². The molecule has 0 aliphatic heterocycles. The van der Waals surface area contributed by atoms with Crippen LogP contribution in [0.1, 0.15) is 18.4 Å². The molecule has 1 atom stereocenters. The number of nitro groups is 1. The van der Waals surface area contributed by atoms with E-state index < -0.39 is 4.92 Å². The molecule has 1 aromatic rings. The third-order valence-electron chi connectivity index (χ3n) is 2.00. The molecule has 0 bridgehead atoms. The van der Waals surface area contributed by atoms with E-state index in [4.69, 9.17) is 17.3 Å². The second-order valence-corrected chi connectivity index (χ2v) is 3.44. The third-order valence-corrected chi connectivity index (χ3v) is 2.23. The Balaban J connectivity index is 2.89. The van der Waals surface area contributed by atoms with Crippen LogP contribution < -0.4 is 5.73 Å². The Morgan fingerprint density at radius 2 is 2.40 bits per heavy atom. The minimum Gasteiger partial charge on any atom is -0.397 e. The van der Waals surface area contributed by atoms with Crippen molar-refractivity contribution in [2.45, 2.75) is 12.8 Å². The molecule has 0 aromatic carbocycles. The van der Waals surface area contributed by atoms with Gasteiger partial charge in [0.15, 0.2) is 0 Å². The lowest BCUT2D eigenvalue weighted by Crippen LogP contribution is -2.09. The van der Waals surface area contributed by atoms with Gasteiger partial charge in [-0.05, 0) is 11.6 Å². The molecular weight excluding hydrogens is 218 g/mol. The number of aromatic nitrogens is 1. The van der Waals surface area contributed by atoms with Crippen LogP contribution in [0.3, 0.4) is 0 Å². The molecule has 6 heteroatoms. The first-order chi connectivity index (χ1) is 7.00. The summed E-state index contributed by atoms with van der Waals surface area (Å²) in [6.07, 6.45) is 2.34. The van der Waals surface area contributed by atoms with E-state index in [0.717, 1.165) is 11.8 Å². The summed E-state index contributed by atoms with van der Waals surface area (Å²) in [7, 11) is 0. The number of nitrogens with zero attached hydrogens (tertiary/aromatic N) is 2. The highest BCUT2D eigenvalue weighted by Gasteiger charge is 2.11. The van der Waals surface area contributed by atoms with Gasteiger partial charge in [-0.1, -0.05) is 24.6 Å². The van der Waals surface area contributed by atoms with Crippen LogP contribution in [-0.4, -0.2) is 9.91 Å². The number of halogens is 1. The summed E-state index contributed by atoms with van der Waals surface area (Å²) in [6, 6.07) is 3.35. The van der Waals surface area contributed by atoms with Crippen molar-refractivity contribution in [1.82, 2.24) is 4.98 Å². The summed E-state index contributed by atoms with van der Waals surface area (Å²) < 4.78 is 0. The molecule has 1 heterocycles. The highest BCUT2D eigenvalue weighted by Crippen LogP contribution is 2.20. The fourth-order valence-corrected chi connectivity index (χ4v) is 1.18. The van der Waals surface area contributed by atoms with Gasteiger partial charge < -0.3 is 5.73 Å². The molecule has 0 saturated carbocycles. The van der Waals surface area contributed by atoms with E-state index in [1.54, 1.807) is 25.3 Å². The summed E-state index contributed by atoms with van der Waals surface area (Å²) in [5.74, 6) is -0.250. The lowest BCUT2D eigenvalue weighted by Gasteiger charge is -2.09. The van der Waals surface area contributed by atoms with Crippen molar-refractivity contribution in [3.8, 4) is 0 Å². The van der Waals surface area contributed by atoms with E-state index in [0.29, 0.717) is 5.15 Å². The Kier molecular flexibility index (Phi) is 3.62. The summed E-state index contributed by atoms with van der Waals surface area (Å²) >= 11 is 5.62. The largest absolute Gasteiger partial charge is 0.397 e. The predicted molar refractivity (Wildman–Crippen MR) is 56.9 cm³/mol. The van der Waals surface area contributed by atoms with Crippen molar-refractivity contribution >= 4 is 11.6 Å². The van der Waals surface area contributed by atoms with E-state index in [1.165, 1.54) is 0 Å². The molecule has 0 unspecified atom stereocenters. The van der Waals surface area contributed by atoms with E-state index in [1.807, 2.05) is 0 Å². The minimum absolute atomic E-state index is 0.184. The minimum atomic E-state index is -0.574. The maximum Gasteiger partial charge on any atom is 0.253 e. The third kappa shape index (κ3) is 3.21. The van der Waals surface area contributed by atoms with Crippen molar-refractivity contribution in [3.05, 3.63) is 51.1 Å². The van der Waals surface area contributed by atoms with Crippen molar-refractivity contribution in [2.24, 2.45) is 5.73 Å². The fourth-order valence-electron chi connectivity index (χ4n) is 1.07. The Morgan fingerprint density at radius 1 is 1.73 bits per heavy atom. The number of hydrogen-bond donors (Lipinski definition) is 1. The van der Waals surface area contributed by atoms with Gasteiger partial charge in [0.25, 0.3) is 6.20 Å². The molecule has 0 aliphatic rings. The summed E-state index contributed by atoms with van der Waals surface area (Å²) in [6.45, 7) is 1.76. The normalized spacial score (nSPS) is 13.6. The maximum absolute atomic E-state index is 10.2. The molecule has 0 saturated heterocycles. The highest BCUT2D eigenvalue weighted by atomic mass is 35.5. The average molecular weight is 228 g/mol. The molecule has 15 heavy (non-hydrogen) atoms. The van der Waals surface area contributed by atoms with Crippen molar-refractivity contribution in [2.75, 3.05) is 0 Å². The van der Waals surface area contributed by atoms with E-state index in [2.05, 4.69) is 4.98 Å². The second kappa shape index (κ2) is 4.75. The number of nitrogens with two attached hydrogens (primary N) is 1. The predicted octanol–water partition coefficient (Wildman–Crippen LogP) is 1.92. The van der Waals surface area contributed by atoms with Crippen molar-refractivity contribution < 1.29 is 4.92 Å². The van der Waals surface area contributed by atoms with Gasteiger partial charge in [-0.25, -0.2) is 4.98 Å². The maximum atomic E-state index is 10.2. The molecule has 5 nitrogen and oxygen atoms in total. The van der Waals surface area contributed by atoms with Crippen LogP contribution >= 0.6 is 11.6 Å². The first-order valence-corrected chi connectivity index (χ1v) is 4.60. The standard InChI is InChI=1S/C9H10ClN3O2/c1-6(8(11)5-13(14)15)7-2-3-9(10)12-4-7/h2-6H,11H2,1H3/b8-5-/t6-/m1/s1. The molecule has 1 rings (SSSR count). The molecule has 0 amide bonds. The van der Waals surface area contributed by atoms with Crippen LogP contribution in [0, 0.1) is 10.1 Å². The van der Waals surface area contributed by atoms with Crippen LogP contribution in [0.25, 0.3) is 0 Å². The SMILES string of the molecule is C[C@@H](/C(N)=C/[N+](=O)[O-])c1ccc(Cl)nc1. The van der Waals surface area contributed by atoms with Gasteiger partial charge in [-0.3, -0.25) is 10.1 Å². The number of pyridine rings is 1. The summed E-state index contributed by atoms with van der Waals surface area (Å²) in [4.78, 5) is 13.5. The zero-order chi connectivity index (χ0) is 11.4. The van der Waals surface area contributed by atoms with Gasteiger partial charge >= 0.3 is 0 Å². The lowest BCUT2D eigenvalue weighted by molar-refractivity contribution is -0.403. The highest BCUT2D eigenvalue weighted by molar-refractivity contribution is 6.29. The topological polar surface area (TPSA) is 82.0 Å². The number of allylic oxidation sites excluding steroid dienone is 1. The molecule has 0 fully saturated rings. The molecule has 0 radical (unpaired) electrons. The summed E-state index contributed by atoms with van der Waals surface area (Å²) in [5, 5.41) is 10.6. The second-order valence-electron chi connectivity index (χ2n) is 3.05. The van der Waals surface area contributed by atoms with Gasteiger partial charge in [0.05, 0.1) is 10.6 Å². The molecule has 0 aliphatic carbocycles. The van der Waals surface area contributed by atoms with Crippen LogP contribution in [-0.2, 0) is 0 Å². The number of rotatable bonds is 3. The van der Waals surface area contributed by atoms with Crippen LogP contribution in [0.4, 0.5) is 0 Å². The lowest BCUT2D eigenvalue weighted by atomic mass is 10.0. The van der Waals surface area contributed by atoms with Crippen LogP contribution in [0.15, 0.2) is 30.2 Å². The van der Waals surface area contributed by atoms with Crippen LogP contribution in [0.5, 0.6) is 0 Å². The fraction of sp³-hybridized carbons (Fsp3) is 0.222. The first kappa shape index (κ1) is 11.5.